The summed E-state index contributed by atoms with van der Waals surface area (Å²) in [7, 11) is -2.98. The van der Waals surface area contributed by atoms with Crippen molar-refractivity contribution >= 4 is 38.8 Å². The molecule has 2 aromatic rings. The van der Waals surface area contributed by atoms with Crippen molar-refractivity contribution in [2.75, 3.05) is 17.3 Å². The van der Waals surface area contributed by atoms with Gasteiger partial charge in [-0.2, -0.15) is 0 Å². The molecule has 7 nitrogen and oxygen atoms in total. The van der Waals surface area contributed by atoms with Crippen LogP contribution in [0.5, 0.6) is 0 Å². The highest BCUT2D eigenvalue weighted by Gasteiger charge is 2.28. The number of nitrogens with one attached hydrogen (secondary N) is 2. The number of hydrogen-bond donors (Lipinski definition) is 2. The average Bonchev–Trinajstić information content (AvgIpc) is 3.16. The molecule has 0 spiro atoms. The second-order valence-corrected chi connectivity index (χ2v) is 9.02. The number of carbonyl (C=O) groups is 1. The molecule has 118 valence electrons. The van der Waals surface area contributed by atoms with Crippen molar-refractivity contribution in [2.24, 2.45) is 0 Å². The minimum Gasteiger partial charge on any atom is -0.352 e. The molecule has 1 saturated heterocycles. The number of carbonyl (C=O) groups excluding carboxylic acids is 1. The zero-order valence-corrected chi connectivity index (χ0v) is 13.9. The topological polar surface area (TPSA) is 105 Å². The lowest BCUT2D eigenvalue weighted by Crippen LogP contribution is -2.36. The molecule has 2 N–H and O–H groups in total. The molecule has 22 heavy (non-hydrogen) atoms. The van der Waals surface area contributed by atoms with Gasteiger partial charge in [-0.05, 0) is 17.9 Å². The second kappa shape index (κ2) is 6.39. The molecule has 1 aliphatic heterocycles. The van der Waals surface area contributed by atoms with Crippen molar-refractivity contribution in [3.05, 3.63) is 17.5 Å². The van der Waals surface area contributed by atoms with Gasteiger partial charge in [-0.1, -0.05) is 17.8 Å². The predicted molar refractivity (Wildman–Crippen MR) is 85.6 cm³/mol. The summed E-state index contributed by atoms with van der Waals surface area (Å²) in [4.78, 5) is 17.1. The monoisotopic (exact) mass is 358 g/mol. The van der Waals surface area contributed by atoms with Gasteiger partial charge in [0.1, 0.15) is 0 Å². The van der Waals surface area contributed by atoms with Gasteiger partial charge in [-0.3, -0.25) is 9.89 Å². The molecule has 0 radical (unpaired) electrons. The number of thiophene rings is 1. The molecule has 10 heteroatoms. The van der Waals surface area contributed by atoms with E-state index >= 15 is 0 Å². The Morgan fingerprint density at radius 3 is 3.09 bits per heavy atom. The summed E-state index contributed by atoms with van der Waals surface area (Å²) in [6, 6.07) is 3.60. The molecule has 3 heterocycles. The van der Waals surface area contributed by atoms with Gasteiger partial charge in [0.05, 0.1) is 22.1 Å². The van der Waals surface area contributed by atoms with Gasteiger partial charge in [0.25, 0.3) is 0 Å². The van der Waals surface area contributed by atoms with Crippen molar-refractivity contribution in [1.29, 1.82) is 0 Å². The lowest BCUT2D eigenvalue weighted by molar-refractivity contribution is -0.119. The molecule has 0 aromatic carbocycles. The third-order valence-electron chi connectivity index (χ3n) is 3.15. The van der Waals surface area contributed by atoms with E-state index < -0.39 is 9.84 Å². The van der Waals surface area contributed by atoms with Gasteiger partial charge >= 0.3 is 0 Å². The molecule has 0 unspecified atom stereocenters. The number of hydrogen-bond acceptors (Lipinski definition) is 7. The van der Waals surface area contributed by atoms with Crippen LogP contribution in [-0.2, 0) is 14.6 Å². The summed E-state index contributed by atoms with van der Waals surface area (Å²) >= 11 is 2.78. The fourth-order valence-electron chi connectivity index (χ4n) is 2.14. The van der Waals surface area contributed by atoms with Crippen LogP contribution in [0.1, 0.15) is 6.42 Å². The van der Waals surface area contributed by atoms with E-state index in [1.807, 2.05) is 17.5 Å². The van der Waals surface area contributed by atoms with Crippen LogP contribution in [0, 0.1) is 0 Å². The number of thioether (sulfide) groups is 1. The Morgan fingerprint density at radius 2 is 2.41 bits per heavy atom. The number of rotatable bonds is 5. The molecule has 1 atom stereocenters. The highest BCUT2D eigenvalue weighted by Crippen LogP contribution is 2.23. The first-order chi connectivity index (χ1) is 10.5. The van der Waals surface area contributed by atoms with E-state index in [9.17, 15) is 13.2 Å². The van der Waals surface area contributed by atoms with Gasteiger partial charge in [0, 0.05) is 6.04 Å². The Morgan fingerprint density at radius 1 is 1.55 bits per heavy atom. The van der Waals surface area contributed by atoms with Crippen LogP contribution in [0.3, 0.4) is 0 Å². The molecule has 2 aromatic heterocycles. The summed E-state index contributed by atoms with van der Waals surface area (Å²) in [6.45, 7) is 0. The number of H-pyrrole nitrogens is 1. The number of sulfone groups is 1. The van der Waals surface area contributed by atoms with Crippen LogP contribution in [0.25, 0.3) is 10.7 Å². The van der Waals surface area contributed by atoms with Crippen molar-refractivity contribution in [3.8, 4) is 10.7 Å². The first-order valence-corrected chi connectivity index (χ1v) is 10.3. The Hall–Kier alpha value is -1.39. The van der Waals surface area contributed by atoms with Gasteiger partial charge in [-0.15, -0.1) is 16.4 Å². The normalized spacial score (nSPS) is 20.1. The van der Waals surface area contributed by atoms with Crippen molar-refractivity contribution < 1.29 is 13.2 Å². The summed E-state index contributed by atoms with van der Waals surface area (Å²) < 4.78 is 22.7. The average molecular weight is 358 g/mol. The molecule has 1 fully saturated rings. The summed E-state index contributed by atoms with van der Waals surface area (Å²) in [5.41, 5.74) is 0. The van der Waals surface area contributed by atoms with E-state index in [-0.39, 0.29) is 29.2 Å². The molecular weight excluding hydrogens is 344 g/mol. The SMILES string of the molecule is O=C(CSc1n[nH]c(-c2cccs2)n1)N[C@H]1CCS(=O)(=O)C1. The maximum atomic E-state index is 11.8. The van der Waals surface area contributed by atoms with Crippen LogP contribution in [0.2, 0.25) is 0 Å². The second-order valence-electron chi connectivity index (χ2n) is 4.90. The van der Waals surface area contributed by atoms with Gasteiger partial charge in [0.2, 0.25) is 11.1 Å². The number of aromatic amines is 1. The Bertz CT molecular complexity index is 754. The molecule has 0 aliphatic carbocycles. The Labute approximate surface area is 135 Å². The zero-order valence-electron chi connectivity index (χ0n) is 11.5. The van der Waals surface area contributed by atoms with Crippen molar-refractivity contribution in [1.82, 2.24) is 20.5 Å². The molecule has 1 amide bonds. The highest BCUT2D eigenvalue weighted by atomic mass is 32.2. The Kier molecular flexibility index (Phi) is 4.50. The summed E-state index contributed by atoms with van der Waals surface area (Å²) in [5.74, 6) is 0.829. The third kappa shape index (κ3) is 3.87. The summed E-state index contributed by atoms with van der Waals surface area (Å²) in [5, 5.41) is 12.1. The van der Waals surface area contributed by atoms with E-state index in [4.69, 9.17) is 0 Å². The van der Waals surface area contributed by atoms with Crippen LogP contribution < -0.4 is 5.32 Å². The van der Waals surface area contributed by atoms with Gasteiger partial charge in [-0.25, -0.2) is 13.4 Å². The quantitative estimate of drug-likeness (QED) is 0.771. The minimum absolute atomic E-state index is 0.0343. The van der Waals surface area contributed by atoms with Crippen LogP contribution >= 0.6 is 23.1 Å². The molecule has 3 rings (SSSR count). The molecule has 0 bridgehead atoms. The first-order valence-electron chi connectivity index (χ1n) is 6.61. The fourth-order valence-corrected chi connectivity index (χ4v) is 5.09. The van der Waals surface area contributed by atoms with E-state index in [0.29, 0.717) is 17.4 Å². The van der Waals surface area contributed by atoms with Crippen LogP contribution in [-0.4, -0.2) is 52.8 Å². The third-order valence-corrected chi connectivity index (χ3v) is 6.64. The highest BCUT2D eigenvalue weighted by molar-refractivity contribution is 7.99. The lowest BCUT2D eigenvalue weighted by atomic mass is 10.3. The molecule has 0 saturated carbocycles. The van der Waals surface area contributed by atoms with E-state index in [1.54, 1.807) is 11.3 Å². The standard InChI is InChI=1S/C12H14N4O3S3/c17-10(13-8-3-5-22(18,19)7-8)6-21-12-14-11(15-16-12)9-2-1-4-20-9/h1-2,4,8H,3,5-7H2,(H,13,17)(H,14,15,16)/t8-/m0/s1. The Balaban J connectivity index is 1.49. The largest absolute Gasteiger partial charge is 0.352 e. The first kappa shape index (κ1) is 15.5. The van der Waals surface area contributed by atoms with Crippen LogP contribution in [0.15, 0.2) is 22.7 Å². The van der Waals surface area contributed by atoms with Gasteiger partial charge < -0.3 is 5.32 Å². The van der Waals surface area contributed by atoms with Crippen molar-refractivity contribution in [2.45, 2.75) is 17.6 Å². The molecular formula is C12H14N4O3S3. The predicted octanol–water partition coefficient (Wildman–Crippen LogP) is 0.929. The maximum Gasteiger partial charge on any atom is 0.230 e. The maximum absolute atomic E-state index is 11.8. The fraction of sp³-hybridized carbons (Fsp3) is 0.417. The van der Waals surface area contributed by atoms with Gasteiger partial charge in [0.15, 0.2) is 15.7 Å². The van der Waals surface area contributed by atoms with Crippen molar-refractivity contribution in [3.63, 3.8) is 0 Å². The number of amides is 1. The van der Waals surface area contributed by atoms with E-state index in [0.717, 1.165) is 4.88 Å². The van der Waals surface area contributed by atoms with Crippen LogP contribution in [0.4, 0.5) is 0 Å². The number of aromatic nitrogens is 3. The van der Waals surface area contributed by atoms with E-state index in [1.165, 1.54) is 11.8 Å². The lowest BCUT2D eigenvalue weighted by Gasteiger charge is -2.09. The minimum atomic E-state index is -2.98. The molecule has 1 aliphatic rings. The zero-order chi connectivity index (χ0) is 15.6. The number of nitrogens with zero attached hydrogens (tertiary/aromatic N) is 2. The summed E-state index contributed by atoms with van der Waals surface area (Å²) in [6.07, 6.45) is 0.488. The van der Waals surface area contributed by atoms with E-state index in [2.05, 4.69) is 20.5 Å². The smallest absolute Gasteiger partial charge is 0.230 e.